The van der Waals surface area contributed by atoms with Gasteiger partial charge in [0.25, 0.3) is 15.9 Å². The van der Waals surface area contributed by atoms with Gasteiger partial charge in [0.15, 0.2) is 11.5 Å². The lowest BCUT2D eigenvalue weighted by Crippen LogP contribution is -2.38. The minimum Gasteiger partial charge on any atom is -0.490 e. The Balaban J connectivity index is 1.70. The van der Waals surface area contributed by atoms with Crippen molar-refractivity contribution in [3.63, 3.8) is 0 Å². The van der Waals surface area contributed by atoms with Crippen molar-refractivity contribution in [3.8, 4) is 11.5 Å². The highest BCUT2D eigenvalue weighted by Gasteiger charge is 2.28. The Morgan fingerprint density at radius 1 is 1.00 bits per heavy atom. The third-order valence-electron chi connectivity index (χ3n) is 6.31. The standard InChI is InChI=1S/C29H33N3O7S/c1-4-38-26-17-21(11-13-25(26)39-19(2)3)27(28(33)31-40(36,37)24-8-6-5-7-9-24)30-23-12-10-20-14-15-32(29(34)35)18-22(20)16-23/h5-13,16-17,19,27,30H,4,14-15,18H2,1-3H3,(H,31,33)(H,34,35). The molecule has 0 aromatic heterocycles. The molecule has 1 atom stereocenters. The van der Waals surface area contributed by atoms with Crippen LogP contribution in [-0.2, 0) is 27.8 Å². The van der Waals surface area contributed by atoms with E-state index in [2.05, 4.69) is 10.0 Å². The molecule has 0 saturated carbocycles. The average molecular weight is 568 g/mol. The van der Waals surface area contributed by atoms with Gasteiger partial charge in [-0.1, -0.05) is 30.3 Å². The fourth-order valence-electron chi connectivity index (χ4n) is 4.45. The average Bonchev–Trinajstić information content (AvgIpc) is 2.92. The number of amides is 2. The second kappa shape index (κ2) is 12.3. The maximum absolute atomic E-state index is 13.6. The molecule has 0 spiro atoms. The van der Waals surface area contributed by atoms with Crippen LogP contribution in [0.1, 0.15) is 43.5 Å². The van der Waals surface area contributed by atoms with Crippen LogP contribution in [0.3, 0.4) is 0 Å². The molecule has 3 aromatic carbocycles. The zero-order valence-corrected chi connectivity index (χ0v) is 23.4. The van der Waals surface area contributed by atoms with Crippen molar-refractivity contribution < 1.29 is 32.6 Å². The van der Waals surface area contributed by atoms with Crippen LogP contribution in [0.5, 0.6) is 11.5 Å². The molecule has 212 valence electrons. The van der Waals surface area contributed by atoms with Crippen LogP contribution in [0, 0.1) is 0 Å². The van der Waals surface area contributed by atoms with Gasteiger partial charge < -0.3 is 24.8 Å². The number of rotatable bonds is 10. The zero-order chi connectivity index (χ0) is 28.9. The predicted molar refractivity (Wildman–Crippen MR) is 150 cm³/mol. The molecule has 40 heavy (non-hydrogen) atoms. The Morgan fingerprint density at radius 3 is 2.42 bits per heavy atom. The molecule has 0 saturated heterocycles. The highest BCUT2D eigenvalue weighted by Crippen LogP contribution is 2.33. The minimum absolute atomic E-state index is 0.0414. The summed E-state index contributed by atoms with van der Waals surface area (Å²) < 4.78 is 39.8. The Hall–Kier alpha value is -4.25. The maximum Gasteiger partial charge on any atom is 0.407 e. The van der Waals surface area contributed by atoms with Gasteiger partial charge in [-0.25, -0.2) is 17.9 Å². The molecule has 1 aliphatic heterocycles. The molecule has 1 aliphatic rings. The normalized spacial score (nSPS) is 13.8. The summed E-state index contributed by atoms with van der Waals surface area (Å²) in [5.41, 5.74) is 2.81. The first kappa shape index (κ1) is 28.8. The van der Waals surface area contributed by atoms with Gasteiger partial charge in [0, 0.05) is 18.8 Å². The number of anilines is 1. The highest BCUT2D eigenvalue weighted by molar-refractivity contribution is 7.90. The van der Waals surface area contributed by atoms with Crippen molar-refractivity contribution in [2.45, 2.75) is 50.8 Å². The summed E-state index contributed by atoms with van der Waals surface area (Å²) in [4.78, 5) is 26.4. The number of fused-ring (bicyclic) bond motifs is 1. The van der Waals surface area contributed by atoms with Crippen molar-refractivity contribution >= 4 is 27.7 Å². The van der Waals surface area contributed by atoms with Gasteiger partial charge >= 0.3 is 6.09 Å². The van der Waals surface area contributed by atoms with E-state index >= 15 is 0 Å². The van der Waals surface area contributed by atoms with E-state index in [1.165, 1.54) is 17.0 Å². The van der Waals surface area contributed by atoms with Crippen LogP contribution in [0.2, 0.25) is 0 Å². The molecule has 0 aliphatic carbocycles. The third kappa shape index (κ3) is 6.84. The minimum atomic E-state index is -4.15. The largest absolute Gasteiger partial charge is 0.490 e. The number of hydrogen-bond donors (Lipinski definition) is 3. The summed E-state index contributed by atoms with van der Waals surface area (Å²) in [7, 11) is -4.15. The van der Waals surface area contributed by atoms with E-state index < -0.39 is 28.1 Å². The summed E-state index contributed by atoms with van der Waals surface area (Å²) >= 11 is 0. The Morgan fingerprint density at radius 2 is 1.75 bits per heavy atom. The number of carbonyl (C=O) groups is 2. The van der Waals surface area contributed by atoms with E-state index in [-0.39, 0.29) is 17.5 Å². The number of nitrogens with zero attached hydrogens (tertiary/aromatic N) is 1. The summed E-state index contributed by atoms with van der Waals surface area (Å²) in [6.45, 7) is 6.58. The Bertz CT molecular complexity index is 1480. The van der Waals surface area contributed by atoms with E-state index in [4.69, 9.17) is 9.47 Å². The van der Waals surface area contributed by atoms with E-state index in [1.54, 1.807) is 48.5 Å². The summed E-state index contributed by atoms with van der Waals surface area (Å²) in [6.07, 6.45) is -0.533. The summed E-state index contributed by atoms with van der Waals surface area (Å²) in [6, 6.07) is 17.0. The van der Waals surface area contributed by atoms with Gasteiger partial charge in [-0.2, -0.15) is 0 Å². The van der Waals surface area contributed by atoms with Crippen molar-refractivity contribution in [2.24, 2.45) is 0 Å². The molecular weight excluding hydrogens is 534 g/mol. The molecule has 0 fully saturated rings. The lowest BCUT2D eigenvalue weighted by atomic mass is 9.98. The predicted octanol–water partition coefficient (Wildman–Crippen LogP) is 4.57. The molecule has 4 rings (SSSR count). The van der Waals surface area contributed by atoms with Gasteiger partial charge in [0.2, 0.25) is 0 Å². The van der Waals surface area contributed by atoms with Gasteiger partial charge in [0.05, 0.1) is 17.6 Å². The summed E-state index contributed by atoms with van der Waals surface area (Å²) in [5.74, 6) is 0.120. The van der Waals surface area contributed by atoms with Crippen LogP contribution in [0.4, 0.5) is 10.5 Å². The molecule has 11 heteroatoms. The summed E-state index contributed by atoms with van der Waals surface area (Å²) in [5, 5.41) is 12.6. The number of hydrogen-bond acceptors (Lipinski definition) is 7. The van der Waals surface area contributed by atoms with Crippen LogP contribution in [0.25, 0.3) is 0 Å². The quantitative estimate of drug-likeness (QED) is 0.325. The van der Waals surface area contributed by atoms with Crippen LogP contribution < -0.4 is 19.5 Å². The lowest BCUT2D eigenvalue weighted by Gasteiger charge is -2.27. The Kier molecular flexibility index (Phi) is 8.83. The van der Waals surface area contributed by atoms with E-state index in [9.17, 15) is 23.1 Å². The van der Waals surface area contributed by atoms with Crippen molar-refractivity contribution in [1.82, 2.24) is 9.62 Å². The SMILES string of the molecule is CCOc1cc(C(Nc2ccc3c(c2)CN(C(=O)O)CC3)C(=O)NS(=O)(=O)c2ccccc2)ccc1OC(C)C. The van der Waals surface area contributed by atoms with E-state index in [1.807, 2.05) is 26.8 Å². The molecule has 3 aromatic rings. The lowest BCUT2D eigenvalue weighted by molar-refractivity contribution is -0.120. The molecule has 10 nitrogen and oxygen atoms in total. The molecule has 2 amide bonds. The fourth-order valence-corrected chi connectivity index (χ4v) is 5.47. The van der Waals surface area contributed by atoms with Crippen molar-refractivity contribution in [1.29, 1.82) is 0 Å². The second-order valence-corrected chi connectivity index (χ2v) is 11.3. The van der Waals surface area contributed by atoms with Crippen LogP contribution in [0.15, 0.2) is 71.6 Å². The van der Waals surface area contributed by atoms with Gasteiger partial charge in [0.1, 0.15) is 6.04 Å². The van der Waals surface area contributed by atoms with Crippen molar-refractivity contribution in [2.75, 3.05) is 18.5 Å². The molecule has 0 radical (unpaired) electrons. The molecule has 1 unspecified atom stereocenters. The smallest absolute Gasteiger partial charge is 0.407 e. The molecule has 3 N–H and O–H groups in total. The van der Waals surface area contributed by atoms with Gasteiger partial charge in [-0.3, -0.25) is 4.79 Å². The number of benzene rings is 3. The molecule has 1 heterocycles. The fraction of sp³-hybridized carbons (Fsp3) is 0.310. The van der Waals surface area contributed by atoms with Crippen LogP contribution in [-0.4, -0.2) is 49.7 Å². The number of nitrogens with one attached hydrogen (secondary N) is 2. The number of sulfonamides is 1. The number of ether oxygens (including phenoxy) is 2. The number of carboxylic acid groups (broad SMARTS) is 1. The zero-order valence-electron chi connectivity index (χ0n) is 22.6. The topological polar surface area (TPSA) is 134 Å². The monoisotopic (exact) mass is 567 g/mol. The Labute approximate surface area is 234 Å². The van der Waals surface area contributed by atoms with Crippen molar-refractivity contribution in [3.05, 3.63) is 83.4 Å². The second-order valence-electron chi connectivity index (χ2n) is 9.60. The van der Waals surface area contributed by atoms with E-state index in [0.29, 0.717) is 42.3 Å². The first-order chi connectivity index (χ1) is 19.1. The molecular formula is C29H33N3O7S. The highest BCUT2D eigenvalue weighted by atomic mass is 32.2. The number of carbonyl (C=O) groups excluding carboxylic acids is 1. The molecule has 0 bridgehead atoms. The van der Waals surface area contributed by atoms with Gasteiger partial charge in [-0.15, -0.1) is 0 Å². The third-order valence-corrected chi connectivity index (χ3v) is 7.68. The van der Waals surface area contributed by atoms with Gasteiger partial charge in [-0.05, 0) is 80.3 Å². The first-order valence-electron chi connectivity index (χ1n) is 13.0. The first-order valence-corrected chi connectivity index (χ1v) is 14.5. The maximum atomic E-state index is 13.6. The van der Waals surface area contributed by atoms with Crippen LogP contribution >= 0.6 is 0 Å². The van der Waals surface area contributed by atoms with E-state index in [0.717, 1.165) is 11.1 Å².